The van der Waals surface area contributed by atoms with Crippen molar-refractivity contribution in [3.05, 3.63) is 0 Å². The molecule has 0 saturated carbocycles. The number of esters is 2. The molecule has 0 aromatic carbocycles. The zero-order chi connectivity index (χ0) is 24.2. The van der Waals surface area contributed by atoms with Gasteiger partial charge in [-0.25, -0.2) is 0 Å². The molecule has 0 radical (unpaired) electrons. The van der Waals surface area contributed by atoms with E-state index in [1.165, 1.54) is 0 Å². The summed E-state index contributed by atoms with van der Waals surface area (Å²) in [5.74, 6) is -0.908. The summed E-state index contributed by atoms with van der Waals surface area (Å²) in [5.41, 5.74) is -1.37. The van der Waals surface area contributed by atoms with Crippen LogP contribution in [0, 0.1) is 0 Å². The molecule has 8 nitrogen and oxygen atoms in total. The number of amides is 1. The summed E-state index contributed by atoms with van der Waals surface area (Å²) in [6, 6.07) is -0.159. The molecule has 0 rings (SSSR count). The van der Waals surface area contributed by atoms with E-state index in [1.807, 2.05) is 48.5 Å². The predicted molar refractivity (Wildman–Crippen MR) is 115 cm³/mol. The highest BCUT2D eigenvalue weighted by Gasteiger charge is 2.19. The lowest BCUT2D eigenvalue weighted by molar-refractivity contribution is -0.156. The molecular weight excluding hydrogens is 390 g/mol. The molecule has 0 aliphatic heterocycles. The van der Waals surface area contributed by atoms with Gasteiger partial charge in [-0.05, 0) is 75.7 Å². The van der Waals surface area contributed by atoms with Crippen LogP contribution in [0.2, 0.25) is 0 Å². The van der Waals surface area contributed by atoms with Gasteiger partial charge >= 0.3 is 11.9 Å². The lowest BCUT2D eigenvalue weighted by Crippen LogP contribution is -2.34. The van der Waals surface area contributed by atoms with Crippen LogP contribution in [0.25, 0.3) is 0 Å². The van der Waals surface area contributed by atoms with E-state index >= 15 is 0 Å². The summed E-state index contributed by atoms with van der Waals surface area (Å²) < 4.78 is 14.9. The zero-order valence-corrected chi connectivity index (χ0v) is 20.3. The largest absolute Gasteiger partial charge is 0.462 e. The molecule has 1 atom stereocenters. The van der Waals surface area contributed by atoms with E-state index in [-0.39, 0.29) is 42.8 Å². The summed E-state index contributed by atoms with van der Waals surface area (Å²) >= 11 is 0. The zero-order valence-electron chi connectivity index (χ0n) is 20.3. The third-order valence-electron chi connectivity index (χ3n) is 2.99. The second-order valence-electron chi connectivity index (χ2n) is 10.0. The van der Waals surface area contributed by atoms with Gasteiger partial charge in [-0.1, -0.05) is 0 Å². The standard InChI is InChI=1S/C17H31NO5.C5H10O2/c1-12(8-10-14(20)22-16(2,3)4)18-13(19)9-11-15(21)23-17(5,6)7;1-5(2,3)7-4-6/h12H,8-11H2,1-7H3,(H,18,19);4H,1-3H3. The van der Waals surface area contributed by atoms with E-state index in [9.17, 15) is 19.2 Å². The maximum absolute atomic E-state index is 11.8. The van der Waals surface area contributed by atoms with Crippen molar-refractivity contribution in [2.75, 3.05) is 0 Å². The Morgan fingerprint density at radius 2 is 1.20 bits per heavy atom. The molecule has 0 aromatic heterocycles. The topological polar surface area (TPSA) is 108 Å². The van der Waals surface area contributed by atoms with Crippen molar-refractivity contribution >= 4 is 24.3 Å². The summed E-state index contributed by atoms with van der Waals surface area (Å²) in [4.78, 5) is 44.5. The van der Waals surface area contributed by atoms with Crippen LogP contribution in [0.3, 0.4) is 0 Å². The number of hydrogen-bond acceptors (Lipinski definition) is 7. The minimum Gasteiger partial charge on any atom is -0.462 e. The Balaban J connectivity index is 0. The Bertz CT molecular complexity index is 551. The molecule has 8 heteroatoms. The van der Waals surface area contributed by atoms with E-state index in [0.29, 0.717) is 12.9 Å². The third-order valence-corrected chi connectivity index (χ3v) is 2.99. The number of carbonyl (C=O) groups excluding carboxylic acids is 4. The van der Waals surface area contributed by atoms with Crippen molar-refractivity contribution in [2.24, 2.45) is 0 Å². The van der Waals surface area contributed by atoms with Crippen LogP contribution in [-0.2, 0) is 33.4 Å². The molecule has 0 saturated heterocycles. The minimum absolute atomic E-state index is 0.0435. The molecule has 0 aliphatic rings. The van der Waals surface area contributed by atoms with Gasteiger partial charge in [0.15, 0.2) is 0 Å². The van der Waals surface area contributed by atoms with Crippen molar-refractivity contribution in [1.82, 2.24) is 5.32 Å². The van der Waals surface area contributed by atoms with Crippen LogP contribution in [0.15, 0.2) is 0 Å². The summed E-state index contributed by atoms with van der Waals surface area (Å²) in [6.07, 6.45) is 0.853. The number of rotatable bonds is 8. The van der Waals surface area contributed by atoms with Crippen molar-refractivity contribution in [3.63, 3.8) is 0 Å². The molecule has 0 heterocycles. The monoisotopic (exact) mass is 431 g/mol. The highest BCUT2D eigenvalue weighted by atomic mass is 16.6. The van der Waals surface area contributed by atoms with Gasteiger partial charge in [-0.3, -0.25) is 19.2 Å². The second-order valence-corrected chi connectivity index (χ2v) is 10.0. The second kappa shape index (κ2) is 13.2. The Kier molecular flexibility index (Phi) is 13.3. The first-order valence-electron chi connectivity index (χ1n) is 10.2. The molecule has 1 amide bonds. The van der Waals surface area contributed by atoms with Gasteiger partial charge in [0.1, 0.15) is 16.8 Å². The van der Waals surface area contributed by atoms with Gasteiger partial charge in [0.25, 0.3) is 6.47 Å². The van der Waals surface area contributed by atoms with Crippen LogP contribution in [0.1, 0.15) is 94.9 Å². The average Bonchev–Trinajstić information content (AvgIpc) is 2.47. The SMILES string of the molecule is CC(C)(C)OC=O.CC(CCC(=O)OC(C)(C)C)NC(=O)CCC(=O)OC(C)(C)C. The highest BCUT2D eigenvalue weighted by molar-refractivity contribution is 5.81. The van der Waals surface area contributed by atoms with Crippen molar-refractivity contribution in [1.29, 1.82) is 0 Å². The molecular formula is C22H41NO7. The van der Waals surface area contributed by atoms with Crippen LogP contribution < -0.4 is 5.32 Å². The molecule has 0 aliphatic carbocycles. The lowest BCUT2D eigenvalue weighted by atomic mass is 10.1. The van der Waals surface area contributed by atoms with Gasteiger partial charge in [-0.15, -0.1) is 0 Å². The first kappa shape index (κ1) is 30.1. The predicted octanol–water partition coefficient (Wildman–Crippen LogP) is 3.69. The summed E-state index contributed by atoms with van der Waals surface area (Å²) in [5, 5.41) is 2.76. The number of nitrogens with one attached hydrogen (secondary N) is 1. The van der Waals surface area contributed by atoms with Crippen molar-refractivity contribution in [3.8, 4) is 0 Å². The summed E-state index contributed by atoms with van der Waals surface area (Å²) in [6.45, 7) is 18.5. The smallest absolute Gasteiger partial charge is 0.306 e. The molecule has 0 fully saturated rings. The van der Waals surface area contributed by atoms with E-state index in [1.54, 1.807) is 20.8 Å². The molecule has 0 spiro atoms. The van der Waals surface area contributed by atoms with Gasteiger partial charge in [0.05, 0.1) is 6.42 Å². The minimum atomic E-state index is -0.547. The highest BCUT2D eigenvalue weighted by Crippen LogP contribution is 2.11. The van der Waals surface area contributed by atoms with Gasteiger partial charge in [-0.2, -0.15) is 0 Å². The Morgan fingerprint density at radius 3 is 1.53 bits per heavy atom. The van der Waals surface area contributed by atoms with Crippen LogP contribution >= 0.6 is 0 Å². The molecule has 0 aromatic rings. The Labute approximate surface area is 181 Å². The molecule has 1 unspecified atom stereocenters. The molecule has 1 N–H and O–H groups in total. The van der Waals surface area contributed by atoms with Crippen LogP contribution in [0.4, 0.5) is 0 Å². The molecule has 176 valence electrons. The normalized spacial score (nSPS) is 12.6. The fourth-order valence-corrected chi connectivity index (χ4v) is 1.90. The van der Waals surface area contributed by atoms with E-state index in [4.69, 9.17) is 9.47 Å². The van der Waals surface area contributed by atoms with Crippen molar-refractivity contribution in [2.45, 2.75) is 118 Å². The number of hydrogen-bond donors (Lipinski definition) is 1. The fourth-order valence-electron chi connectivity index (χ4n) is 1.90. The molecule has 30 heavy (non-hydrogen) atoms. The third kappa shape index (κ3) is 23.9. The lowest BCUT2D eigenvalue weighted by Gasteiger charge is -2.20. The van der Waals surface area contributed by atoms with E-state index in [2.05, 4.69) is 10.1 Å². The van der Waals surface area contributed by atoms with Crippen LogP contribution in [-0.4, -0.2) is 47.2 Å². The first-order chi connectivity index (χ1) is 13.3. The molecule has 0 bridgehead atoms. The van der Waals surface area contributed by atoms with Crippen LogP contribution in [0.5, 0.6) is 0 Å². The Hall–Kier alpha value is -2.12. The van der Waals surface area contributed by atoms with Crippen molar-refractivity contribution < 1.29 is 33.4 Å². The Morgan fingerprint density at radius 1 is 0.767 bits per heavy atom. The summed E-state index contributed by atoms with van der Waals surface area (Å²) in [7, 11) is 0. The van der Waals surface area contributed by atoms with E-state index in [0.717, 1.165) is 0 Å². The van der Waals surface area contributed by atoms with Gasteiger partial charge in [0.2, 0.25) is 5.91 Å². The fraction of sp³-hybridized carbons (Fsp3) is 0.818. The average molecular weight is 432 g/mol. The number of carbonyl (C=O) groups is 4. The van der Waals surface area contributed by atoms with Gasteiger partial charge in [0, 0.05) is 18.9 Å². The van der Waals surface area contributed by atoms with Gasteiger partial charge < -0.3 is 19.5 Å². The first-order valence-corrected chi connectivity index (χ1v) is 10.2. The maximum Gasteiger partial charge on any atom is 0.306 e. The van der Waals surface area contributed by atoms with E-state index < -0.39 is 17.2 Å². The quantitative estimate of drug-likeness (QED) is 0.355. The number of ether oxygens (including phenoxy) is 3. The maximum atomic E-state index is 11.8.